The fourth-order valence-electron chi connectivity index (χ4n) is 4.67. The summed E-state index contributed by atoms with van der Waals surface area (Å²) in [4.78, 5) is 31.5. The molecule has 1 aliphatic heterocycles. The summed E-state index contributed by atoms with van der Waals surface area (Å²) in [6.45, 7) is 1.87. The molecule has 0 spiro atoms. The summed E-state index contributed by atoms with van der Waals surface area (Å²) in [7, 11) is 0. The first-order valence-corrected chi connectivity index (χ1v) is 12.3. The van der Waals surface area contributed by atoms with Crippen molar-refractivity contribution in [3.05, 3.63) is 149 Å². The SMILES string of the molecule is Cc1nnc2n1-c1ccccc1C(c1ccccc1)=NC2NC(=O)c1cccc(C(=O)c2ccccc2)c1. The number of aliphatic imine (C=N–C) groups is 1. The van der Waals surface area contributed by atoms with Crippen LogP contribution >= 0.6 is 0 Å². The molecule has 7 heteroatoms. The quantitative estimate of drug-likeness (QED) is 0.343. The average Bonchev–Trinajstić information content (AvgIpc) is 3.30. The maximum absolute atomic E-state index is 13.5. The Hall–Kier alpha value is -5.17. The number of hydrogen-bond acceptors (Lipinski definition) is 5. The van der Waals surface area contributed by atoms with E-state index >= 15 is 0 Å². The van der Waals surface area contributed by atoms with Gasteiger partial charge >= 0.3 is 0 Å². The molecule has 0 radical (unpaired) electrons. The van der Waals surface area contributed by atoms with Crippen molar-refractivity contribution in [2.45, 2.75) is 13.1 Å². The molecule has 0 aliphatic carbocycles. The van der Waals surface area contributed by atoms with Crippen molar-refractivity contribution < 1.29 is 9.59 Å². The first-order chi connectivity index (χ1) is 18.6. The number of carbonyl (C=O) groups is 2. The molecule has 6 rings (SSSR count). The largest absolute Gasteiger partial charge is 0.324 e. The van der Waals surface area contributed by atoms with Crippen LogP contribution < -0.4 is 5.32 Å². The summed E-state index contributed by atoms with van der Waals surface area (Å²) in [5.74, 6) is 0.675. The number of aryl methyl sites for hydroxylation is 1. The minimum atomic E-state index is -0.806. The van der Waals surface area contributed by atoms with Crippen LogP contribution in [0, 0.1) is 6.92 Å². The van der Waals surface area contributed by atoms with Gasteiger partial charge < -0.3 is 5.32 Å². The van der Waals surface area contributed by atoms with E-state index in [2.05, 4.69) is 15.5 Å². The highest BCUT2D eigenvalue weighted by Crippen LogP contribution is 2.30. The highest BCUT2D eigenvalue weighted by molar-refractivity contribution is 6.15. The topological polar surface area (TPSA) is 89.2 Å². The number of carbonyl (C=O) groups excluding carboxylic acids is 2. The van der Waals surface area contributed by atoms with Gasteiger partial charge in [0, 0.05) is 27.8 Å². The maximum Gasteiger partial charge on any atom is 0.253 e. The second kappa shape index (κ2) is 9.71. The highest BCUT2D eigenvalue weighted by atomic mass is 16.2. The minimum Gasteiger partial charge on any atom is -0.324 e. The average molecular weight is 498 g/mol. The predicted octanol–water partition coefficient (Wildman–Crippen LogP) is 5.09. The summed E-state index contributed by atoms with van der Waals surface area (Å²) >= 11 is 0. The zero-order chi connectivity index (χ0) is 26.1. The lowest BCUT2D eigenvalue weighted by Gasteiger charge is -2.15. The van der Waals surface area contributed by atoms with Gasteiger partial charge in [0.15, 0.2) is 17.8 Å². The van der Waals surface area contributed by atoms with Gasteiger partial charge in [-0.1, -0.05) is 91.0 Å². The number of nitrogens with zero attached hydrogens (tertiary/aromatic N) is 4. The van der Waals surface area contributed by atoms with Crippen molar-refractivity contribution in [2.24, 2.45) is 4.99 Å². The van der Waals surface area contributed by atoms with Crippen LogP contribution in [-0.4, -0.2) is 32.2 Å². The van der Waals surface area contributed by atoms with Gasteiger partial charge in [0.05, 0.1) is 11.4 Å². The fraction of sp³-hybridized carbons (Fsp3) is 0.0645. The second-order valence-electron chi connectivity index (χ2n) is 8.95. The Balaban J connectivity index is 1.40. The van der Waals surface area contributed by atoms with Crippen LogP contribution in [0.1, 0.15) is 55.2 Å². The zero-order valence-corrected chi connectivity index (χ0v) is 20.6. The van der Waals surface area contributed by atoms with Gasteiger partial charge in [-0.2, -0.15) is 0 Å². The third kappa shape index (κ3) is 4.20. The van der Waals surface area contributed by atoms with E-state index in [1.807, 2.05) is 84.3 Å². The molecule has 1 atom stereocenters. The lowest BCUT2D eigenvalue weighted by molar-refractivity contribution is 0.0936. The molecule has 5 aromatic rings. The smallest absolute Gasteiger partial charge is 0.253 e. The van der Waals surface area contributed by atoms with E-state index < -0.39 is 6.17 Å². The Labute approximate surface area is 219 Å². The first-order valence-electron chi connectivity index (χ1n) is 12.3. The summed E-state index contributed by atoms with van der Waals surface area (Å²) in [5, 5.41) is 11.7. The van der Waals surface area contributed by atoms with Gasteiger partial charge in [0.25, 0.3) is 5.91 Å². The van der Waals surface area contributed by atoms with Crippen LogP contribution in [0.15, 0.2) is 114 Å². The minimum absolute atomic E-state index is 0.148. The van der Waals surface area contributed by atoms with Crippen LogP contribution in [-0.2, 0) is 0 Å². The Morgan fingerprint density at radius 1 is 0.737 bits per heavy atom. The van der Waals surface area contributed by atoms with E-state index in [9.17, 15) is 9.59 Å². The van der Waals surface area contributed by atoms with E-state index in [1.165, 1.54) is 0 Å². The van der Waals surface area contributed by atoms with Crippen molar-refractivity contribution in [2.75, 3.05) is 0 Å². The number of rotatable bonds is 5. The Morgan fingerprint density at radius 3 is 2.18 bits per heavy atom. The summed E-state index contributed by atoms with van der Waals surface area (Å²) in [6.07, 6.45) is -0.806. The summed E-state index contributed by atoms with van der Waals surface area (Å²) in [5.41, 5.74) is 4.81. The Kier molecular flexibility index (Phi) is 5.94. The molecule has 1 aromatic heterocycles. The van der Waals surface area contributed by atoms with Crippen molar-refractivity contribution in [1.82, 2.24) is 20.1 Å². The third-order valence-corrected chi connectivity index (χ3v) is 6.49. The zero-order valence-electron chi connectivity index (χ0n) is 20.6. The van der Waals surface area contributed by atoms with Crippen molar-refractivity contribution in [3.63, 3.8) is 0 Å². The number of nitrogens with one attached hydrogen (secondary N) is 1. The molecule has 4 aromatic carbocycles. The molecular formula is C31H23N5O2. The Morgan fingerprint density at radius 2 is 1.39 bits per heavy atom. The monoisotopic (exact) mass is 497 g/mol. The number of ketones is 1. The van der Waals surface area contributed by atoms with E-state index in [0.29, 0.717) is 28.3 Å². The molecular weight excluding hydrogens is 474 g/mol. The highest BCUT2D eigenvalue weighted by Gasteiger charge is 2.29. The van der Waals surface area contributed by atoms with Gasteiger partial charge in [-0.25, -0.2) is 0 Å². The van der Waals surface area contributed by atoms with E-state index in [1.54, 1.807) is 36.4 Å². The van der Waals surface area contributed by atoms with Crippen LogP contribution in [0.25, 0.3) is 5.69 Å². The number of amides is 1. The number of fused-ring (bicyclic) bond motifs is 3. The first kappa shape index (κ1) is 23.2. The summed E-state index contributed by atoms with van der Waals surface area (Å²) < 4.78 is 1.93. The van der Waals surface area contributed by atoms with Crippen LogP contribution in [0.4, 0.5) is 0 Å². The molecule has 184 valence electrons. The molecule has 1 unspecified atom stereocenters. The van der Waals surface area contributed by atoms with Crippen LogP contribution in [0.2, 0.25) is 0 Å². The Bertz CT molecular complexity index is 1690. The molecule has 0 fully saturated rings. The van der Waals surface area contributed by atoms with Crippen LogP contribution in [0.5, 0.6) is 0 Å². The van der Waals surface area contributed by atoms with Gasteiger partial charge in [-0.3, -0.25) is 19.1 Å². The number of aromatic nitrogens is 3. The molecule has 38 heavy (non-hydrogen) atoms. The van der Waals surface area contributed by atoms with Gasteiger partial charge in [0.2, 0.25) is 0 Å². The van der Waals surface area contributed by atoms with Crippen LogP contribution in [0.3, 0.4) is 0 Å². The van der Waals surface area contributed by atoms with Crippen molar-refractivity contribution in [3.8, 4) is 5.69 Å². The maximum atomic E-state index is 13.5. The van der Waals surface area contributed by atoms with E-state index in [-0.39, 0.29) is 11.7 Å². The number of hydrogen-bond donors (Lipinski definition) is 1. The molecule has 7 nitrogen and oxygen atoms in total. The normalized spacial score (nSPS) is 14.0. The van der Waals surface area contributed by atoms with Crippen molar-refractivity contribution >= 4 is 17.4 Å². The van der Waals surface area contributed by atoms with Gasteiger partial charge in [-0.15, -0.1) is 10.2 Å². The number of para-hydroxylation sites is 1. The second-order valence-corrected chi connectivity index (χ2v) is 8.95. The molecule has 2 heterocycles. The summed E-state index contributed by atoms with van der Waals surface area (Å²) in [6, 6.07) is 33.5. The predicted molar refractivity (Wildman–Crippen MR) is 145 cm³/mol. The van der Waals surface area contributed by atoms with Gasteiger partial charge in [0.1, 0.15) is 5.82 Å². The molecule has 0 bridgehead atoms. The number of benzene rings is 4. The van der Waals surface area contributed by atoms with Crippen molar-refractivity contribution in [1.29, 1.82) is 0 Å². The molecule has 1 aliphatic rings. The third-order valence-electron chi connectivity index (χ3n) is 6.49. The molecule has 0 saturated heterocycles. The molecule has 1 N–H and O–H groups in total. The fourth-order valence-corrected chi connectivity index (χ4v) is 4.67. The molecule has 0 saturated carbocycles. The van der Waals surface area contributed by atoms with E-state index in [4.69, 9.17) is 4.99 Å². The molecule has 1 amide bonds. The van der Waals surface area contributed by atoms with E-state index in [0.717, 1.165) is 22.5 Å². The lowest BCUT2D eigenvalue weighted by atomic mass is 10.0. The lowest BCUT2D eigenvalue weighted by Crippen LogP contribution is -2.29. The standard InChI is InChI=1S/C31H23N5O2/c1-20-34-35-30-29(32-27(21-11-4-2-5-12-21)25-17-8-9-18-26(25)36(20)30)33-31(38)24-16-10-15-23(19-24)28(37)22-13-6-3-7-14-22/h2-19,29H,1H3,(H,33,38). The van der Waals surface area contributed by atoms with Gasteiger partial charge in [-0.05, 0) is 25.1 Å².